The summed E-state index contributed by atoms with van der Waals surface area (Å²) in [6.45, 7) is 2.42. The molecule has 1 N–H and O–H groups in total. The molecule has 1 atom stereocenters. The van der Waals surface area contributed by atoms with E-state index in [-0.39, 0.29) is 0 Å². The molecule has 1 heteroatoms. The Bertz CT molecular complexity index is 230. The third-order valence-electron chi connectivity index (χ3n) is 2.57. The van der Waals surface area contributed by atoms with Crippen LogP contribution in [-0.4, -0.2) is 11.7 Å². The predicted octanol–water partition coefficient (Wildman–Crippen LogP) is 3.03. The molecule has 1 aromatic carbocycles. The van der Waals surface area contributed by atoms with E-state index in [9.17, 15) is 0 Å². The number of hydrogen-bond acceptors (Lipinski definition) is 1. The zero-order valence-electron chi connectivity index (χ0n) is 8.95. The first-order chi connectivity index (χ1) is 6.83. The summed E-state index contributed by atoms with van der Waals surface area (Å²) < 4.78 is 0. The first kappa shape index (κ1) is 11.3. The Morgan fingerprint density at radius 3 is 2.50 bits per heavy atom. The van der Waals surface area contributed by atoms with Crippen molar-refractivity contribution in [1.82, 2.24) is 0 Å². The van der Waals surface area contributed by atoms with Crippen LogP contribution in [0.4, 0.5) is 0 Å². The van der Waals surface area contributed by atoms with Gasteiger partial charge in [-0.3, -0.25) is 0 Å². The number of aliphatic hydroxyl groups is 1. The van der Waals surface area contributed by atoms with Gasteiger partial charge in [-0.25, -0.2) is 0 Å². The second-order valence-electron chi connectivity index (χ2n) is 4.02. The SMILES string of the molecule is CC(CO)CCCCc1ccccc1. The maximum atomic E-state index is 8.85. The summed E-state index contributed by atoms with van der Waals surface area (Å²) in [7, 11) is 0. The fraction of sp³-hybridized carbons (Fsp3) is 0.538. The van der Waals surface area contributed by atoms with Crippen molar-refractivity contribution >= 4 is 0 Å². The highest BCUT2D eigenvalue weighted by molar-refractivity contribution is 5.14. The summed E-state index contributed by atoms with van der Waals surface area (Å²) in [5, 5.41) is 8.85. The molecule has 0 fully saturated rings. The van der Waals surface area contributed by atoms with E-state index in [1.165, 1.54) is 24.8 Å². The fourth-order valence-corrected chi connectivity index (χ4v) is 1.56. The topological polar surface area (TPSA) is 20.2 Å². The van der Waals surface area contributed by atoms with Crippen molar-refractivity contribution < 1.29 is 5.11 Å². The number of aliphatic hydroxyl groups excluding tert-OH is 1. The Morgan fingerprint density at radius 1 is 1.14 bits per heavy atom. The Balaban J connectivity index is 2.10. The molecule has 78 valence electrons. The van der Waals surface area contributed by atoms with Crippen molar-refractivity contribution in [2.24, 2.45) is 5.92 Å². The van der Waals surface area contributed by atoms with E-state index in [1.54, 1.807) is 0 Å². The van der Waals surface area contributed by atoms with Gasteiger partial charge in [0.25, 0.3) is 0 Å². The van der Waals surface area contributed by atoms with Crippen LogP contribution in [0.3, 0.4) is 0 Å². The van der Waals surface area contributed by atoms with E-state index in [0.29, 0.717) is 12.5 Å². The molecule has 0 saturated heterocycles. The van der Waals surface area contributed by atoms with Gasteiger partial charge in [-0.2, -0.15) is 0 Å². The number of aryl methyl sites for hydroxylation is 1. The van der Waals surface area contributed by atoms with Gasteiger partial charge in [0.2, 0.25) is 0 Å². The Kier molecular flexibility index (Phi) is 5.31. The minimum Gasteiger partial charge on any atom is -0.396 e. The largest absolute Gasteiger partial charge is 0.396 e. The third kappa shape index (κ3) is 4.43. The minimum absolute atomic E-state index is 0.325. The molecule has 1 unspecified atom stereocenters. The van der Waals surface area contributed by atoms with Crippen molar-refractivity contribution in [3.63, 3.8) is 0 Å². The highest BCUT2D eigenvalue weighted by Gasteiger charge is 1.99. The number of hydrogen-bond donors (Lipinski definition) is 1. The lowest BCUT2D eigenvalue weighted by molar-refractivity contribution is 0.227. The molecule has 0 aromatic heterocycles. The zero-order valence-corrected chi connectivity index (χ0v) is 8.95. The van der Waals surface area contributed by atoms with Gasteiger partial charge in [-0.1, -0.05) is 43.7 Å². The van der Waals surface area contributed by atoms with E-state index in [0.717, 1.165) is 6.42 Å². The van der Waals surface area contributed by atoms with Crippen LogP contribution in [0.5, 0.6) is 0 Å². The number of rotatable bonds is 6. The van der Waals surface area contributed by atoms with Crippen molar-refractivity contribution in [2.45, 2.75) is 32.6 Å². The molecule has 14 heavy (non-hydrogen) atoms. The molecule has 0 aliphatic carbocycles. The molecule has 0 saturated carbocycles. The first-order valence-electron chi connectivity index (χ1n) is 5.47. The average molecular weight is 192 g/mol. The average Bonchev–Trinajstić information content (AvgIpc) is 2.25. The van der Waals surface area contributed by atoms with Crippen LogP contribution in [0.2, 0.25) is 0 Å². The van der Waals surface area contributed by atoms with Gasteiger partial charge in [-0.05, 0) is 30.7 Å². The van der Waals surface area contributed by atoms with E-state index in [1.807, 2.05) is 0 Å². The van der Waals surface area contributed by atoms with Crippen molar-refractivity contribution in [3.05, 3.63) is 35.9 Å². The highest BCUT2D eigenvalue weighted by Crippen LogP contribution is 2.10. The van der Waals surface area contributed by atoms with Gasteiger partial charge in [0.1, 0.15) is 0 Å². The van der Waals surface area contributed by atoms with Gasteiger partial charge in [0.05, 0.1) is 0 Å². The lowest BCUT2D eigenvalue weighted by atomic mass is 10.0. The zero-order chi connectivity index (χ0) is 10.2. The second-order valence-corrected chi connectivity index (χ2v) is 4.02. The smallest absolute Gasteiger partial charge is 0.0456 e. The van der Waals surface area contributed by atoms with Gasteiger partial charge in [-0.15, -0.1) is 0 Å². The monoisotopic (exact) mass is 192 g/mol. The number of benzene rings is 1. The Morgan fingerprint density at radius 2 is 1.86 bits per heavy atom. The van der Waals surface area contributed by atoms with Gasteiger partial charge < -0.3 is 5.11 Å². The van der Waals surface area contributed by atoms with E-state index < -0.39 is 0 Å². The molecule has 0 heterocycles. The second kappa shape index (κ2) is 6.61. The summed E-state index contributed by atoms with van der Waals surface area (Å²) in [5.41, 5.74) is 1.42. The lowest BCUT2D eigenvalue weighted by Gasteiger charge is -2.06. The Labute approximate surface area is 86.8 Å². The normalized spacial score (nSPS) is 12.7. The summed E-state index contributed by atoms with van der Waals surface area (Å²) in [6, 6.07) is 10.6. The molecule has 0 amide bonds. The standard InChI is InChI=1S/C13H20O/c1-12(11-14)7-5-6-10-13-8-3-2-4-9-13/h2-4,8-9,12,14H,5-7,10-11H2,1H3. The molecular formula is C13H20O. The van der Waals surface area contributed by atoms with Crippen LogP contribution in [0, 0.1) is 5.92 Å². The van der Waals surface area contributed by atoms with Crippen molar-refractivity contribution in [1.29, 1.82) is 0 Å². The van der Waals surface area contributed by atoms with Crippen LogP contribution in [0.25, 0.3) is 0 Å². The Hall–Kier alpha value is -0.820. The fourth-order valence-electron chi connectivity index (χ4n) is 1.56. The van der Waals surface area contributed by atoms with E-state index in [4.69, 9.17) is 5.11 Å². The summed E-state index contributed by atoms with van der Waals surface area (Å²) in [4.78, 5) is 0. The molecule has 0 aliphatic rings. The van der Waals surface area contributed by atoms with Crippen LogP contribution in [0.1, 0.15) is 31.7 Å². The summed E-state index contributed by atoms with van der Waals surface area (Å²) >= 11 is 0. The molecule has 1 nitrogen and oxygen atoms in total. The van der Waals surface area contributed by atoms with Crippen LogP contribution in [-0.2, 0) is 6.42 Å². The minimum atomic E-state index is 0.325. The van der Waals surface area contributed by atoms with Crippen LogP contribution < -0.4 is 0 Å². The quantitative estimate of drug-likeness (QED) is 0.687. The molecule has 0 bridgehead atoms. The van der Waals surface area contributed by atoms with E-state index >= 15 is 0 Å². The van der Waals surface area contributed by atoms with Gasteiger partial charge in [0.15, 0.2) is 0 Å². The lowest BCUT2D eigenvalue weighted by Crippen LogP contribution is -2.00. The third-order valence-corrected chi connectivity index (χ3v) is 2.57. The predicted molar refractivity (Wildman–Crippen MR) is 60.2 cm³/mol. The molecular weight excluding hydrogens is 172 g/mol. The van der Waals surface area contributed by atoms with Crippen LogP contribution in [0.15, 0.2) is 30.3 Å². The summed E-state index contributed by atoms with van der Waals surface area (Å²) in [6.07, 6.45) is 4.76. The molecule has 0 aliphatic heterocycles. The van der Waals surface area contributed by atoms with Crippen molar-refractivity contribution in [2.75, 3.05) is 6.61 Å². The molecule has 0 spiro atoms. The molecule has 0 radical (unpaired) electrons. The molecule has 1 aromatic rings. The summed E-state index contributed by atoms with van der Waals surface area (Å²) in [5.74, 6) is 0.464. The maximum Gasteiger partial charge on any atom is 0.0456 e. The first-order valence-corrected chi connectivity index (χ1v) is 5.47. The number of unbranched alkanes of at least 4 members (excludes halogenated alkanes) is 1. The van der Waals surface area contributed by atoms with E-state index in [2.05, 4.69) is 37.3 Å². The molecule has 1 rings (SSSR count). The van der Waals surface area contributed by atoms with Gasteiger partial charge >= 0.3 is 0 Å². The highest BCUT2D eigenvalue weighted by atomic mass is 16.3. The maximum absolute atomic E-state index is 8.85. The van der Waals surface area contributed by atoms with Crippen LogP contribution >= 0.6 is 0 Å². The van der Waals surface area contributed by atoms with Crippen molar-refractivity contribution in [3.8, 4) is 0 Å². The van der Waals surface area contributed by atoms with Gasteiger partial charge in [0, 0.05) is 6.61 Å².